The first kappa shape index (κ1) is 20.2. The lowest BCUT2D eigenvalue weighted by Gasteiger charge is -2.39. The Kier molecular flexibility index (Phi) is 10.3. The Morgan fingerprint density at radius 3 is 2.30 bits per heavy atom. The van der Waals surface area contributed by atoms with Crippen LogP contribution in [0.3, 0.4) is 0 Å². The van der Waals surface area contributed by atoms with Crippen LogP contribution in [-0.4, -0.2) is 28.5 Å². The molecule has 0 aromatic carbocycles. The van der Waals surface area contributed by atoms with Crippen molar-refractivity contribution in [2.45, 2.75) is 97.4 Å². The van der Waals surface area contributed by atoms with E-state index in [4.69, 9.17) is 0 Å². The number of rotatable bonds is 13. The molecule has 23 heavy (non-hydrogen) atoms. The van der Waals surface area contributed by atoms with Crippen LogP contribution in [0.1, 0.15) is 85.0 Å². The molecule has 3 atom stereocenters. The number of allylic oxidation sites excluding steroid dienone is 2. The summed E-state index contributed by atoms with van der Waals surface area (Å²) in [5.41, 5.74) is 0. The molecule has 2 N–H and O–H groups in total. The van der Waals surface area contributed by atoms with Gasteiger partial charge in [0.2, 0.25) is 0 Å². The SMILES string of the molecule is CC/C=C/CCCCCCCCCC1NC=C[N+]1(CC)C(C)O. The molecule has 0 amide bonds. The highest BCUT2D eigenvalue weighted by Crippen LogP contribution is 2.25. The molecule has 3 heteroatoms. The zero-order valence-corrected chi connectivity index (χ0v) is 15.6. The van der Waals surface area contributed by atoms with Crippen LogP contribution in [0.15, 0.2) is 24.6 Å². The second-order valence-corrected chi connectivity index (χ2v) is 6.87. The molecular formula is C20H39N2O+. The minimum Gasteiger partial charge on any atom is -0.345 e. The topological polar surface area (TPSA) is 32.3 Å². The van der Waals surface area contributed by atoms with Gasteiger partial charge in [0, 0.05) is 13.3 Å². The van der Waals surface area contributed by atoms with Gasteiger partial charge in [-0.05, 0) is 32.6 Å². The molecule has 3 nitrogen and oxygen atoms in total. The van der Waals surface area contributed by atoms with E-state index in [0.29, 0.717) is 10.6 Å². The summed E-state index contributed by atoms with van der Waals surface area (Å²) < 4.78 is 0.672. The van der Waals surface area contributed by atoms with Gasteiger partial charge in [-0.1, -0.05) is 51.2 Å². The fourth-order valence-corrected chi connectivity index (χ4v) is 3.60. The fourth-order valence-electron chi connectivity index (χ4n) is 3.60. The van der Waals surface area contributed by atoms with Crippen molar-refractivity contribution >= 4 is 0 Å². The lowest BCUT2D eigenvalue weighted by Crippen LogP contribution is -2.57. The normalized spacial score (nSPS) is 25.1. The van der Waals surface area contributed by atoms with Gasteiger partial charge in [0.15, 0.2) is 12.4 Å². The predicted octanol–water partition coefficient (Wildman–Crippen LogP) is 5.04. The highest BCUT2D eigenvalue weighted by molar-refractivity contribution is 4.84. The fraction of sp³-hybridized carbons (Fsp3) is 0.800. The predicted molar refractivity (Wildman–Crippen MR) is 99.5 cm³/mol. The lowest BCUT2D eigenvalue weighted by molar-refractivity contribution is -0.942. The van der Waals surface area contributed by atoms with E-state index in [-0.39, 0.29) is 6.23 Å². The van der Waals surface area contributed by atoms with E-state index in [1.807, 2.05) is 13.1 Å². The molecule has 134 valence electrons. The van der Waals surface area contributed by atoms with Gasteiger partial charge >= 0.3 is 0 Å². The second-order valence-electron chi connectivity index (χ2n) is 6.87. The Labute approximate surface area is 144 Å². The summed E-state index contributed by atoms with van der Waals surface area (Å²) >= 11 is 0. The summed E-state index contributed by atoms with van der Waals surface area (Å²) in [4.78, 5) is 0. The quantitative estimate of drug-likeness (QED) is 0.283. The Bertz CT molecular complexity index is 352. The molecule has 1 aliphatic rings. The van der Waals surface area contributed by atoms with E-state index < -0.39 is 0 Å². The van der Waals surface area contributed by atoms with Crippen LogP contribution < -0.4 is 5.32 Å². The van der Waals surface area contributed by atoms with E-state index in [2.05, 4.69) is 37.5 Å². The van der Waals surface area contributed by atoms with Gasteiger partial charge in [-0.3, -0.25) is 4.48 Å². The van der Waals surface area contributed by atoms with Crippen LogP contribution in [0.25, 0.3) is 0 Å². The molecule has 0 aliphatic carbocycles. The Balaban J connectivity index is 2.04. The molecule has 0 radical (unpaired) electrons. The maximum atomic E-state index is 10.1. The molecule has 0 fully saturated rings. The smallest absolute Gasteiger partial charge is 0.193 e. The third-order valence-corrected chi connectivity index (χ3v) is 5.22. The zero-order valence-electron chi connectivity index (χ0n) is 15.6. The number of hydrogen-bond acceptors (Lipinski definition) is 2. The Hall–Kier alpha value is -0.800. The maximum absolute atomic E-state index is 10.1. The molecule has 0 bridgehead atoms. The molecule has 1 rings (SSSR count). The van der Waals surface area contributed by atoms with Gasteiger partial charge < -0.3 is 10.4 Å². The first-order chi connectivity index (χ1) is 11.2. The van der Waals surface area contributed by atoms with Gasteiger partial charge in [0.25, 0.3) is 0 Å². The molecule has 0 saturated carbocycles. The van der Waals surface area contributed by atoms with Crippen molar-refractivity contribution in [3.8, 4) is 0 Å². The van der Waals surface area contributed by atoms with Crippen LogP contribution in [0, 0.1) is 0 Å². The second kappa shape index (κ2) is 11.7. The first-order valence-corrected chi connectivity index (χ1v) is 9.81. The third kappa shape index (κ3) is 6.68. The summed E-state index contributed by atoms with van der Waals surface area (Å²) in [7, 11) is 0. The van der Waals surface area contributed by atoms with Crippen LogP contribution in [0.5, 0.6) is 0 Å². The van der Waals surface area contributed by atoms with Crippen molar-refractivity contribution in [1.82, 2.24) is 5.32 Å². The van der Waals surface area contributed by atoms with E-state index in [1.165, 1.54) is 57.8 Å². The molecule has 1 heterocycles. The zero-order chi connectivity index (χ0) is 17.0. The van der Waals surface area contributed by atoms with E-state index in [9.17, 15) is 5.11 Å². The van der Waals surface area contributed by atoms with E-state index >= 15 is 0 Å². The molecule has 1 aliphatic heterocycles. The molecule has 0 aromatic rings. The van der Waals surface area contributed by atoms with Gasteiger partial charge in [-0.25, -0.2) is 0 Å². The maximum Gasteiger partial charge on any atom is 0.193 e. The van der Waals surface area contributed by atoms with Crippen molar-refractivity contribution in [2.75, 3.05) is 6.54 Å². The van der Waals surface area contributed by atoms with Crippen LogP contribution >= 0.6 is 0 Å². The summed E-state index contributed by atoms with van der Waals surface area (Å²) in [5.74, 6) is 0. The monoisotopic (exact) mass is 323 g/mol. The van der Waals surface area contributed by atoms with Crippen molar-refractivity contribution in [3.05, 3.63) is 24.6 Å². The summed E-state index contributed by atoms with van der Waals surface area (Å²) in [6.45, 7) is 7.20. The lowest BCUT2D eigenvalue weighted by atomic mass is 10.1. The number of quaternary nitrogens is 1. The van der Waals surface area contributed by atoms with Crippen LogP contribution in [0.2, 0.25) is 0 Å². The average molecular weight is 324 g/mol. The standard InChI is InChI=1S/C20H39N2O/c1-4-6-7-8-9-10-11-12-13-14-15-16-20-21-17-18-22(20,5-2)19(3)23/h6-7,17-21,23H,4-5,8-16H2,1-3H3/q+1/b7-6+. The van der Waals surface area contributed by atoms with Crippen LogP contribution in [-0.2, 0) is 0 Å². The largest absolute Gasteiger partial charge is 0.345 e. The highest BCUT2D eigenvalue weighted by Gasteiger charge is 2.40. The Morgan fingerprint density at radius 2 is 1.70 bits per heavy atom. The van der Waals surface area contributed by atoms with Crippen molar-refractivity contribution < 1.29 is 9.59 Å². The van der Waals surface area contributed by atoms with E-state index in [1.54, 1.807) is 0 Å². The Morgan fingerprint density at radius 1 is 1.04 bits per heavy atom. The summed E-state index contributed by atoms with van der Waals surface area (Å²) in [6.07, 6.45) is 21.7. The number of aliphatic hydroxyl groups excluding tert-OH is 1. The molecule has 3 unspecified atom stereocenters. The van der Waals surface area contributed by atoms with E-state index in [0.717, 1.165) is 13.0 Å². The first-order valence-electron chi connectivity index (χ1n) is 9.81. The molecule has 0 saturated heterocycles. The molecule has 0 spiro atoms. The van der Waals surface area contributed by atoms with Gasteiger partial charge in [-0.2, -0.15) is 0 Å². The number of unbranched alkanes of at least 4 members (excludes halogenated alkanes) is 7. The minimum atomic E-state index is -0.335. The highest BCUT2D eigenvalue weighted by atomic mass is 16.3. The average Bonchev–Trinajstić information content (AvgIpc) is 2.97. The molecule has 0 aromatic heterocycles. The minimum absolute atomic E-state index is 0.335. The van der Waals surface area contributed by atoms with Gasteiger partial charge in [0.1, 0.15) is 6.20 Å². The number of aliphatic hydroxyl groups is 1. The third-order valence-electron chi connectivity index (χ3n) is 5.22. The van der Waals surface area contributed by atoms with Crippen molar-refractivity contribution in [1.29, 1.82) is 0 Å². The van der Waals surface area contributed by atoms with Gasteiger partial charge in [0.05, 0.1) is 12.7 Å². The molecular weight excluding hydrogens is 284 g/mol. The van der Waals surface area contributed by atoms with Crippen LogP contribution in [0.4, 0.5) is 0 Å². The number of nitrogens with zero attached hydrogens (tertiary/aromatic N) is 1. The van der Waals surface area contributed by atoms with Crippen molar-refractivity contribution in [2.24, 2.45) is 0 Å². The summed E-state index contributed by atoms with van der Waals surface area (Å²) in [5, 5.41) is 13.6. The number of hydrogen-bond donors (Lipinski definition) is 2. The number of nitrogens with one attached hydrogen (secondary N) is 1. The summed E-state index contributed by atoms with van der Waals surface area (Å²) in [6, 6.07) is 0. The van der Waals surface area contributed by atoms with Crippen molar-refractivity contribution in [3.63, 3.8) is 0 Å². The van der Waals surface area contributed by atoms with Gasteiger partial charge in [-0.15, -0.1) is 0 Å².